The molecule has 2 heterocycles. The van der Waals surface area contributed by atoms with E-state index in [9.17, 15) is 27.9 Å². The molecule has 0 saturated carbocycles. The number of rotatable bonds is 8. The van der Waals surface area contributed by atoms with Gasteiger partial charge >= 0.3 is 5.97 Å². The zero-order valence-electron chi connectivity index (χ0n) is 22.4. The standard InChI is InChI=1S/C30H30N4O6S/c1-19-17-24-25(18-23(19)30(37)38)33-29(36)26(24)27(20-5-3-2-4-6-20)32-22-9-7-21(8-10-22)28(35)31-11-12-34-13-15-41(39,40)16-14-34/h2-10,17-18,32H,11-16H2,1H3,(H,31,35)(H,33,36)(H,37,38)/b27-26-. The minimum absolute atomic E-state index is 0.122. The van der Waals surface area contributed by atoms with Gasteiger partial charge in [0.1, 0.15) is 0 Å². The van der Waals surface area contributed by atoms with Crippen LogP contribution in [-0.4, -0.2) is 73.9 Å². The van der Waals surface area contributed by atoms with Crippen molar-refractivity contribution in [2.45, 2.75) is 6.92 Å². The Morgan fingerprint density at radius 2 is 1.66 bits per heavy atom. The number of carboxylic acids is 1. The molecule has 0 aromatic heterocycles. The molecule has 2 aliphatic heterocycles. The maximum Gasteiger partial charge on any atom is 0.336 e. The Labute approximate surface area is 238 Å². The summed E-state index contributed by atoms with van der Waals surface area (Å²) in [6, 6.07) is 19.4. The highest BCUT2D eigenvalue weighted by Crippen LogP contribution is 2.39. The Balaban J connectivity index is 1.34. The van der Waals surface area contributed by atoms with E-state index in [4.69, 9.17) is 0 Å². The third-order valence-corrected chi connectivity index (χ3v) is 8.83. The van der Waals surface area contributed by atoms with E-state index >= 15 is 0 Å². The molecule has 0 atom stereocenters. The van der Waals surface area contributed by atoms with Gasteiger partial charge in [0.25, 0.3) is 11.8 Å². The molecule has 0 radical (unpaired) electrons. The van der Waals surface area contributed by atoms with Gasteiger partial charge in [-0.05, 0) is 54.4 Å². The summed E-state index contributed by atoms with van der Waals surface area (Å²) in [4.78, 5) is 39.5. The molecule has 2 aliphatic rings. The fourth-order valence-electron chi connectivity index (χ4n) is 4.94. The first-order valence-corrected chi connectivity index (χ1v) is 15.0. The third-order valence-electron chi connectivity index (χ3n) is 7.22. The molecule has 3 aromatic carbocycles. The van der Waals surface area contributed by atoms with Gasteiger partial charge in [0.05, 0.1) is 34.0 Å². The predicted molar refractivity (Wildman–Crippen MR) is 158 cm³/mol. The van der Waals surface area contributed by atoms with Crippen molar-refractivity contribution >= 4 is 50.3 Å². The Morgan fingerprint density at radius 1 is 0.976 bits per heavy atom. The van der Waals surface area contributed by atoms with Gasteiger partial charge in [-0.3, -0.25) is 14.5 Å². The molecule has 41 heavy (non-hydrogen) atoms. The second kappa shape index (κ2) is 11.6. The summed E-state index contributed by atoms with van der Waals surface area (Å²) in [5.41, 5.74) is 4.51. The number of carboxylic acid groups (broad SMARTS) is 1. The number of aromatic carboxylic acids is 1. The van der Waals surface area contributed by atoms with Gasteiger partial charge in [-0.2, -0.15) is 0 Å². The van der Waals surface area contributed by atoms with Crippen molar-refractivity contribution in [1.82, 2.24) is 10.2 Å². The number of benzene rings is 3. The fraction of sp³-hybridized carbons (Fsp3) is 0.233. The average molecular weight is 575 g/mol. The molecule has 4 N–H and O–H groups in total. The van der Waals surface area contributed by atoms with Crippen LogP contribution in [0, 0.1) is 6.92 Å². The summed E-state index contributed by atoms with van der Waals surface area (Å²) < 4.78 is 23.2. The molecule has 0 spiro atoms. The van der Waals surface area contributed by atoms with E-state index in [1.54, 1.807) is 37.3 Å². The van der Waals surface area contributed by atoms with Crippen LogP contribution >= 0.6 is 0 Å². The first kappa shape index (κ1) is 28.1. The van der Waals surface area contributed by atoms with Crippen molar-refractivity contribution in [3.8, 4) is 0 Å². The van der Waals surface area contributed by atoms with E-state index in [0.717, 1.165) is 5.56 Å². The van der Waals surface area contributed by atoms with Crippen LogP contribution in [0.5, 0.6) is 0 Å². The number of fused-ring (bicyclic) bond motifs is 1. The number of sulfone groups is 1. The topological polar surface area (TPSA) is 145 Å². The number of carbonyl (C=O) groups excluding carboxylic acids is 2. The summed E-state index contributed by atoms with van der Waals surface area (Å²) in [6.45, 7) is 3.62. The highest BCUT2D eigenvalue weighted by Gasteiger charge is 2.30. The SMILES string of the molecule is Cc1cc2c(cc1C(=O)O)NC(=O)/C2=C(\Nc1ccc(C(=O)NCCN2CCS(=O)(=O)CC2)cc1)c1ccccc1. The van der Waals surface area contributed by atoms with Crippen molar-refractivity contribution in [1.29, 1.82) is 0 Å². The molecule has 0 aliphatic carbocycles. The lowest BCUT2D eigenvalue weighted by molar-refractivity contribution is -0.110. The van der Waals surface area contributed by atoms with Crippen LogP contribution in [0.4, 0.5) is 11.4 Å². The first-order valence-electron chi connectivity index (χ1n) is 13.2. The highest BCUT2D eigenvalue weighted by molar-refractivity contribution is 7.91. The lowest BCUT2D eigenvalue weighted by Crippen LogP contribution is -2.43. The number of aryl methyl sites for hydroxylation is 1. The maximum absolute atomic E-state index is 13.2. The molecule has 0 bridgehead atoms. The van der Waals surface area contributed by atoms with Crippen molar-refractivity contribution in [3.63, 3.8) is 0 Å². The fourth-order valence-corrected chi connectivity index (χ4v) is 6.22. The number of amides is 2. The van der Waals surface area contributed by atoms with Crippen LogP contribution < -0.4 is 16.0 Å². The Morgan fingerprint density at radius 3 is 2.32 bits per heavy atom. The van der Waals surface area contributed by atoms with E-state index in [0.29, 0.717) is 65.5 Å². The second-order valence-corrected chi connectivity index (χ2v) is 12.3. The van der Waals surface area contributed by atoms with Gasteiger partial charge in [0, 0.05) is 43.0 Å². The van der Waals surface area contributed by atoms with Crippen molar-refractivity contribution < 1.29 is 27.9 Å². The van der Waals surface area contributed by atoms with Gasteiger partial charge in [-0.25, -0.2) is 13.2 Å². The monoisotopic (exact) mass is 574 g/mol. The number of anilines is 2. The van der Waals surface area contributed by atoms with Crippen molar-refractivity contribution in [3.05, 3.63) is 94.5 Å². The lowest BCUT2D eigenvalue weighted by Gasteiger charge is -2.26. The van der Waals surface area contributed by atoms with Gasteiger partial charge in [0.2, 0.25) is 0 Å². The minimum atomic E-state index is -2.94. The zero-order chi connectivity index (χ0) is 29.1. The van der Waals surface area contributed by atoms with Crippen LogP contribution in [0.15, 0.2) is 66.7 Å². The Kier molecular flexibility index (Phi) is 7.91. The summed E-state index contributed by atoms with van der Waals surface area (Å²) in [5.74, 6) is -1.36. The number of nitrogens with zero attached hydrogens (tertiary/aromatic N) is 1. The molecule has 212 valence electrons. The molecule has 0 unspecified atom stereocenters. The van der Waals surface area contributed by atoms with Crippen molar-refractivity contribution in [2.24, 2.45) is 0 Å². The molecule has 1 fully saturated rings. The van der Waals surface area contributed by atoms with Crippen LogP contribution in [0.3, 0.4) is 0 Å². The molecule has 2 amide bonds. The van der Waals surface area contributed by atoms with Gasteiger partial charge in [-0.15, -0.1) is 0 Å². The molecular formula is C30H30N4O6S. The molecule has 11 heteroatoms. The van der Waals surface area contributed by atoms with Gasteiger partial charge in [0.15, 0.2) is 9.84 Å². The average Bonchev–Trinajstić information content (AvgIpc) is 3.27. The van der Waals surface area contributed by atoms with Crippen LogP contribution in [-0.2, 0) is 14.6 Å². The summed E-state index contributed by atoms with van der Waals surface area (Å²) in [7, 11) is -2.94. The molecular weight excluding hydrogens is 544 g/mol. The molecule has 5 rings (SSSR count). The van der Waals surface area contributed by atoms with Crippen LogP contribution in [0.2, 0.25) is 0 Å². The van der Waals surface area contributed by atoms with Crippen molar-refractivity contribution in [2.75, 3.05) is 48.3 Å². The summed E-state index contributed by atoms with van der Waals surface area (Å²) in [5, 5.41) is 18.5. The Hall–Kier alpha value is -4.48. The number of nitrogens with one attached hydrogen (secondary N) is 3. The number of hydrogen-bond acceptors (Lipinski definition) is 7. The normalized spacial score (nSPS) is 17.3. The third kappa shape index (κ3) is 6.31. The summed E-state index contributed by atoms with van der Waals surface area (Å²) >= 11 is 0. The lowest BCUT2D eigenvalue weighted by atomic mass is 9.96. The summed E-state index contributed by atoms with van der Waals surface area (Å²) in [6.07, 6.45) is 0. The predicted octanol–water partition coefficient (Wildman–Crippen LogP) is 3.09. The largest absolute Gasteiger partial charge is 0.478 e. The first-order chi connectivity index (χ1) is 19.6. The zero-order valence-corrected chi connectivity index (χ0v) is 23.3. The van der Waals surface area contributed by atoms with Gasteiger partial charge in [-0.1, -0.05) is 30.3 Å². The van der Waals surface area contributed by atoms with Gasteiger partial charge < -0.3 is 21.1 Å². The quantitative estimate of drug-likeness (QED) is 0.301. The second-order valence-electron chi connectivity index (χ2n) is 10.0. The van der Waals surface area contributed by atoms with Crippen LogP contribution in [0.25, 0.3) is 11.3 Å². The maximum atomic E-state index is 13.2. The molecule has 1 saturated heterocycles. The van der Waals surface area contributed by atoms with Crippen LogP contribution in [0.1, 0.15) is 37.4 Å². The smallest absolute Gasteiger partial charge is 0.336 e. The highest BCUT2D eigenvalue weighted by atomic mass is 32.2. The Bertz CT molecular complexity index is 1640. The van der Waals surface area contributed by atoms with E-state index < -0.39 is 15.8 Å². The van der Waals surface area contributed by atoms with E-state index in [2.05, 4.69) is 16.0 Å². The number of hydrogen-bond donors (Lipinski definition) is 4. The number of carbonyl (C=O) groups is 3. The molecule has 3 aromatic rings. The minimum Gasteiger partial charge on any atom is -0.478 e. The van der Waals surface area contributed by atoms with E-state index in [-0.39, 0.29) is 28.9 Å². The van der Waals surface area contributed by atoms with E-state index in [1.807, 2.05) is 35.2 Å². The van der Waals surface area contributed by atoms with E-state index in [1.165, 1.54) is 6.07 Å². The molecule has 10 nitrogen and oxygen atoms in total.